The first-order valence-electron chi connectivity index (χ1n) is 8.69. The molecule has 2 fully saturated rings. The van der Waals surface area contributed by atoms with Crippen molar-refractivity contribution in [3.8, 4) is 0 Å². The summed E-state index contributed by atoms with van der Waals surface area (Å²) in [6.45, 7) is 13.0. The zero-order chi connectivity index (χ0) is 15.6. The fraction of sp³-hybridized carbons (Fsp3) is 0.941. The number of rotatable bonds is 5. The van der Waals surface area contributed by atoms with Gasteiger partial charge in [-0.1, -0.05) is 6.42 Å². The molecule has 0 radical (unpaired) electrons. The Labute approximate surface area is 130 Å². The average molecular weight is 295 g/mol. The van der Waals surface area contributed by atoms with Crippen LogP contribution in [0.4, 0.5) is 0 Å². The summed E-state index contributed by atoms with van der Waals surface area (Å²) < 4.78 is 0. The second-order valence-electron chi connectivity index (χ2n) is 7.58. The average Bonchev–Trinajstić information content (AvgIpc) is 2.36. The van der Waals surface area contributed by atoms with E-state index < -0.39 is 0 Å². The molecule has 1 amide bonds. The Bertz CT molecular complexity index is 342. The van der Waals surface area contributed by atoms with Gasteiger partial charge < -0.3 is 15.5 Å². The van der Waals surface area contributed by atoms with Crippen LogP contribution in [-0.2, 0) is 4.79 Å². The molecule has 2 N–H and O–H groups in total. The van der Waals surface area contributed by atoms with Gasteiger partial charge in [0.1, 0.15) is 0 Å². The summed E-state index contributed by atoms with van der Waals surface area (Å²) in [4.78, 5) is 14.8. The van der Waals surface area contributed by atoms with Gasteiger partial charge >= 0.3 is 0 Å². The summed E-state index contributed by atoms with van der Waals surface area (Å²) in [5, 5.41) is 6.66. The molecule has 0 aromatic heterocycles. The summed E-state index contributed by atoms with van der Waals surface area (Å²) >= 11 is 0. The largest absolute Gasteiger partial charge is 0.353 e. The van der Waals surface area contributed by atoms with Crippen LogP contribution in [0.5, 0.6) is 0 Å². The van der Waals surface area contributed by atoms with E-state index in [-0.39, 0.29) is 18.0 Å². The fourth-order valence-corrected chi connectivity index (χ4v) is 3.94. The predicted octanol–water partition coefficient (Wildman–Crippen LogP) is 2.00. The summed E-state index contributed by atoms with van der Waals surface area (Å²) in [7, 11) is 0. The van der Waals surface area contributed by atoms with Crippen LogP contribution in [0.15, 0.2) is 0 Å². The maximum atomic E-state index is 12.1. The number of likely N-dealkylation sites (tertiary alicyclic amines) is 1. The van der Waals surface area contributed by atoms with E-state index >= 15 is 0 Å². The first-order chi connectivity index (χ1) is 9.88. The van der Waals surface area contributed by atoms with E-state index in [0.29, 0.717) is 23.9 Å². The fourth-order valence-electron chi connectivity index (χ4n) is 3.94. The molecule has 21 heavy (non-hydrogen) atoms. The minimum atomic E-state index is -0.0916. The molecular weight excluding hydrogens is 262 g/mol. The highest BCUT2D eigenvalue weighted by molar-refractivity contribution is 5.81. The second kappa shape index (κ2) is 7.10. The van der Waals surface area contributed by atoms with E-state index in [0.717, 1.165) is 0 Å². The molecular formula is C17H33N3O. The van der Waals surface area contributed by atoms with E-state index in [1.54, 1.807) is 0 Å². The van der Waals surface area contributed by atoms with E-state index in [2.05, 4.69) is 29.4 Å². The number of hydrogen-bond acceptors (Lipinski definition) is 3. The minimum Gasteiger partial charge on any atom is -0.353 e. The summed E-state index contributed by atoms with van der Waals surface area (Å²) in [5.41, 5.74) is 0. The monoisotopic (exact) mass is 295 g/mol. The molecule has 1 heterocycles. The van der Waals surface area contributed by atoms with Crippen LogP contribution < -0.4 is 10.6 Å². The Kier molecular flexibility index (Phi) is 5.67. The van der Waals surface area contributed by atoms with Gasteiger partial charge in [-0.15, -0.1) is 0 Å². The van der Waals surface area contributed by atoms with Crippen molar-refractivity contribution in [2.75, 3.05) is 13.1 Å². The lowest BCUT2D eigenvalue weighted by atomic mass is 9.73. The van der Waals surface area contributed by atoms with Gasteiger partial charge in [0.2, 0.25) is 5.91 Å². The highest BCUT2D eigenvalue weighted by Crippen LogP contribution is 2.35. The predicted molar refractivity (Wildman–Crippen MR) is 87.2 cm³/mol. The van der Waals surface area contributed by atoms with Crippen LogP contribution >= 0.6 is 0 Å². The van der Waals surface area contributed by atoms with Crippen LogP contribution in [0.2, 0.25) is 0 Å². The molecule has 3 atom stereocenters. The van der Waals surface area contributed by atoms with E-state index in [1.807, 2.05) is 20.8 Å². The van der Waals surface area contributed by atoms with Crippen LogP contribution in [0.3, 0.4) is 0 Å². The minimum absolute atomic E-state index is 0.0916. The number of hydrogen-bond donors (Lipinski definition) is 2. The highest BCUT2D eigenvalue weighted by atomic mass is 16.2. The number of piperidine rings is 1. The van der Waals surface area contributed by atoms with Crippen molar-refractivity contribution in [1.29, 1.82) is 0 Å². The van der Waals surface area contributed by atoms with E-state index in [4.69, 9.17) is 0 Å². The lowest BCUT2D eigenvalue weighted by Gasteiger charge is -2.49. The third-order valence-corrected chi connectivity index (χ3v) is 5.10. The number of nitrogens with zero attached hydrogens (tertiary/aromatic N) is 1. The standard InChI is InChI=1S/C17H33N3O/c1-11(2)18-17(21)13(5)19-16-14-7-6-8-15(16)10-20(9-14)12(3)4/h11-16,19H,6-10H2,1-5H3,(H,18,21). The second-order valence-corrected chi connectivity index (χ2v) is 7.58. The zero-order valence-electron chi connectivity index (χ0n) is 14.4. The van der Waals surface area contributed by atoms with Crippen LogP contribution in [0.25, 0.3) is 0 Å². The normalized spacial score (nSPS) is 31.5. The van der Waals surface area contributed by atoms with E-state index in [9.17, 15) is 4.79 Å². The smallest absolute Gasteiger partial charge is 0.237 e. The van der Waals surface area contributed by atoms with Crippen molar-refractivity contribution >= 4 is 5.91 Å². The number of amides is 1. The van der Waals surface area contributed by atoms with Gasteiger partial charge in [-0.05, 0) is 59.3 Å². The van der Waals surface area contributed by atoms with Gasteiger partial charge in [0.25, 0.3) is 0 Å². The Morgan fingerprint density at radius 2 is 1.62 bits per heavy atom. The third-order valence-electron chi connectivity index (χ3n) is 5.10. The van der Waals surface area contributed by atoms with Gasteiger partial charge in [0, 0.05) is 31.2 Å². The molecule has 122 valence electrons. The zero-order valence-corrected chi connectivity index (χ0v) is 14.4. The molecule has 2 rings (SSSR count). The molecule has 4 heteroatoms. The van der Waals surface area contributed by atoms with Gasteiger partial charge in [0.05, 0.1) is 6.04 Å². The van der Waals surface area contributed by atoms with Crippen molar-refractivity contribution in [1.82, 2.24) is 15.5 Å². The summed E-state index contributed by atoms with van der Waals surface area (Å²) in [5.74, 6) is 1.54. The number of fused-ring (bicyclic) bond motifs is 2. The molecule has 2 aliphatic rings. The Morgan fingerprint density at radius 3 is 2.10 bits per heavy atom. The topological polar surface area (TPSA) is 44.4 Å². The Morgan fingerprint density at radius 1 is 1.05 bits per heavy atom. The molecule has 1 aliphatic carbocycles. The molecule has 1 saturated carbocycles. The maximum Gasteiger partial charge on any atom is 0.237 e. The molecule has 0 spiro atoms. The molecule has 4 nitrogen and oxygen atoms in total. The van der Waals surface area contributed by atoms with E-state index in [1.165, 1.54) is 32.4 Å². The molecule has 0 aromatic carbocycles. The SMILES string of the molecule is CC(C)NC(=O)C(C)NC1C2CCCC1CN(C(C)C)C2. The van der Waals surface area contributed by atoms with Gasteiger partial charge in [-0.3, -0.25) is 4.79 Å². The molecule has 1 aliphatic heterocycles. The van der Waals surface area contributed by atoms with Crippen molar-refractivity contribution in [2.45, 2.75) is 78.0 Å². The number of carbonyl (C=O) groups is 1. The number of nitrogens with one attached hydrogen (secondary N) is 2. The lowest BCUT2D eigenvalue weighted by molar-refractivity contribution is -0.124. The first kappa shape index (κ1) is 16.8. The van der Waals surface area contributed by atoms with Crippen molar-refractivity contribution in [3.05, 3.63) is 0 Å². The first-order valence-corrected chi connectivity index (χ1v) is 8.69. The highest BCUT2D eigenvalue weighted by Gasteiger charge is 2.40. The van der Waals surface area contributed by atoms with Gasteiger partial charge in [0.15, 0.2) is 0 Å². The molecule has 0 aromatic rings. The molecule has 2 bridgehead atoms. The van der Waals surface area contributed by atoms with Gasteiger partial charge in [-0.2, -0.15) is 0 Å². The lowest BCUT2D eigenvalue weighted by Crippen LogP contribution is -2.61. The molecule has 1 saturated heterocycles. The maximum absolute atomic E-state index is 12.1. The number of carbonyl (C=O) groups excluding carboxylic acids is 1. The van der Waals surface area contributed by atoms with Crippen LogP contribution in [-0.4, -0.2) is 48.1 Å². The summed E-state index contributed by atoms with van der Waals surface area (Å²) in [6.07, 6.45) is 3.96. The summed E-state index contributed by atoms with van der Waals surface area (Å²) in [6, 6.07) is 1.27. The Balaban J connectivity index is 1.95. The van der Waals surface area contributed by atoms with Gasteiger partial charge in [-0.25, -0.2) is 0 Å². The van der Waals surface area contributed by atoms with Crippen molar-refractivity contribution in [2.24, 2.45) is 11.8 Å². The van der Waals surface area contributed by atoms with Crippen molar-refractivity contribution < 1.29 is 4.79 Å². The molecule has 3 unspecified atom stereocenters. The van der Waals surface area contributed by atoms with Crippen LogP contribution in [0.1, 0.15) is 53.9 Å². The quantitative estimate of drug-likeness (QED) is 0.815. The Hall–Kier alpha value is -0.610. The van der Waals surface area contributed by atoms with Crippen LogP contribution in [0, 0.1) is 11.8 Å². The third kappa shape index (κ3) is 4.19. The van der Waals surface area contributed by atoms with Crippen molar-refractivity contribution in [3.63, 3.8) is 0 Å².